The van der Waals surface area contributed by atoms with Crippen molar-refractivity contribution < 1.29 is 9.53 Å². The Morgan fingerprint density at radius 3 is 2.34 bits per heavy atom. The Morgan fingerprint density at radius 2 is 1.62 bits per heavy atom. The fourth-order valence-corrected chi connectivity index (χ4v) is 4.12. The highest BCUT2D eigenvalue weighted by Gasteiger charge is 2.07. The van der Waals surface area contributed by atoms with E-state index in [0.29, 0.717) is 19.6 Å². The molecule has 0 atom stereocenters. The van der Waals surface area contributed by atoms with E-state index in [9.17, 15) is 4.79 Å². The van der Waals surface area contributed by atoms with Crippen molar-refractivity contribution in [3.8, 4) is 27.6 Å². The van der Waals surface area contributed by atoms with Gasteiger partial charge in [0.15, 0.2) is 0 Å². The quantitative estimate of drug-likeness (QED) is 0.339. The molecule has 0 aliphatic rings. The third-order valence-corrected chi connectivity index (χ3v) is 6.09. The number of nitrogens with zero attached hydrogens (tertiary/aromatic N) is 1. The van der Waals surface area contributed by atoms with E-state index in [-0.39, 0.29) is 5.91 Å². The van der Waals surface area contributed by atoms with Gasteiger partial charge >= 0.3 is 0 Å². The van der Waals surface area contributed by atoms with E-state index in [1.165, 1.54) is 5.56 Å². The summed E-state index contributed by atoms with van der Waals surface area (Å²) in [7, 11) is 0. The summed E-state index contributed by atoms with van der Waals surface area (Å²) < 4.78 is 5.66. The molecule has 0 bridgehead atoms. The summed E-state index contributed by atoms with van der Waals surface area (Å²) >= 11 is 1.64. The van der Waals surface area contributed by atoms with E-state index in [1.807, 2.05) is 54.6 Å². The van der Waals surface area contributed by atoms with E-state index in [1.54, 1.807) is 11.3 Å². The maximum absolute atomic E-state index is 12.1. The molecule has 4 aromatic rings. The largest absolute Gasteiger partial charge is 0.493 e. The maximum Gasteiger partial charge on any atom is 0.223 e. The standard InChI is InChI=1S/C27H26N2O2S/c1-2-20-10-14-24(15-11-20)31-17-16-26(30)28-18-21-8-12-23(13-9-21)27-29-25(19-32-27)22-6-4-3-5-7-22/h3-15,19H,2,16-18H2,1H3,(H,28,30). The molecule has 0 saturated carbocycles. The molecule has 5 heteroatoms. The highest BCUT2D eigenvalue weighted by molar-refractivity contribution is 7.13. The fourth-order valence-electron chi connectivity index (χ4n) is 3.28. The first-order valence-corrected chi connectivity index (χ1v) is 11.7. The molecule has 0 unspecified atom stereocenters. The number of ether oxygens (including phenoxy) is 1. The van der Waals surface area contributed by atoms with Crippen molar-refractivity contribution in [2.75, 3.05) is 6.61 Å². The lowest BCUT2D eigenvalue weighted by Gasteiger charge is -2.08. The van der Waals surface area contributed by atoms with Crippen molar-refractivity contribution >= 4 is 17.2 Å². The predicted octanol–water partition coefficient (Wildman–Crippen LogP) is 6.12. The number of hydrogen-bond donors (Lipinski definition) is 1. The van der Waals surface area contributed by atoms with E-state index in [4.69, 9.17) is 9.72 Å². The number of hydrogen-bond acceptors (Lipinski definition) is 4. The Hall–Kier alpha value is -3.44. The van der Waals surface area contributed by atoms with Crippen LogP contribution < -0.4 is 10.1 Å². The van der Waals surface area contributed by atoms with Gasteiger partial charge in [0.25, 0.3) is 0 Å². The van der Waals surface area contributed by atoms with Crippen molar-refractivity contribution in [1.29, 1.82) is 0 Å². The number of carbonyl (C=O) groups is 1. The molecular weight excluding hydrogens is 416 g/mol. The molecular formula is C27H26N2O2S. The molecule has 0 saturated heterocycles. The molecule has 4 nitrogen and oxygen atoms in total. The summed E-state index contributed by atoms with van der Waals surface area (Å²) in [6, 6.07) is 26.3. The van der Waals surface area contributed by atoms with E-state index in [0.717, 1.165) is 39.6 Å². The van der Waals surface area contributed by atoms with Gasteiger partial charge in [0, 0.05) is 23.1 Å². The normalized spacial score (nSPS) is 10.7. The summed E-state index contributed by atoms with van der Waals surface area (Å²) in [5.41, 5.74) is 5.52. The van der Waals surface area contributed by atoms with Crippen molar-refractivity contribution in [1.82, 2.24) is 10.3 Å². The van der Waals surface area contributed by atoms with Gasteiger partial charge in [-0.25, -0.2) is 4.98 Å². The Bertz CT molecular complexity index is 1140. The molecule has 162 valence electrons. The summed E-state index contributed by atoms with van der Waals surface area (Å²) in [5, 5.41) is 6.03. The molecule has 0 fully saturated rings. The highest BCUT2D eigenvalue weighted by atomic mass is 32.1. The Morgan fingerprint density at radius 1 is 0.906 bits per heavy atom. The number of thiazole rings is 1. The van der Waals surface area contributed by atoms with Gasteiger partial charge in [-0.15, -0.1) is 11.3 Å². The number of benzene rings is 3. The zero-order valence-corrected chi connectivity index (χ0v) is 18.9. The van der Waals surface area contributed by atoms with Gasteiger partial charge in [-0.3, -0.25) is 4.79 Å². The van der Waals surface area contributed by atoms with Crippen LogP contribution in [-0.2, 0) is 17.8 Å². The van der Waals surface area contributed by atoms with Crippen molar-refractivity contribution in [2.24, 2.45) is 0 Å². The fraction of sp³-hybridized carbons (Fsp3) is 0.185. The maximum atomic E-state index is 12.1. The molecule has 1 aromatic heterocycles. The average Bonchev–Trinajstić information content (AvgIpc) is 3.34. The first kappa shape index (κ1) is 21.8. The topological polar surface area (TPSA) is 51.2 Å². The van der Waals surface area contributed by atoms with Crippen LogP contribution in [0.5, 0.6) is 5.75 Å². The minimum absolute atomic E-state index is 0.0216. The van der Waals surface area contributed by atoms with Gasteiger partial charge in [0.1, 0.15) is 10.8 Å². The Kier molecular flexibility index (Phi) is 7.31. The zero-order valence-electron chi connectivity index (χ0n) is 18.1. The van der Waals surface area contributed by atoms with Crippen molar-refractivity contribution in [3.63, 3.8) is 0 Å². The van der Waals surface area contributed by atoms with Crippen molar-refractivity contribution in [2.45, 2.75) is 26.3 Å². The van der Waals surface area contributed by atoms with Crippen LogP contribution in [0.15, 0.2) is 84.2 Å². The molecule has 1 amide bonds. The number of amides is 1. The average molecular weight is 443 g/mol. The van der Waals surface area contributed by atoms with Crippen LogP contribution in [0.25, 0.3) is 21.8 Å². The van der Waals surface area contributed by atoms with Gasteiger partial charge in [-0.1, -0.05) is 73.7 Å². The highest BCUT2D eigenvalue weighted by Crippen LogP contribution is 2.28. The SMILES string of the molecule is CCc1ccc(OCCC(=O)NCc2ccc(-c3nc(-c4ccccc4)cs3)cc2)cc1. The van der Waals surface area contributed by atoms with Gasteiger partial charge in [-0.05, 0) is 29.7 Å². The first-order chi connectivity index (χ1) is 15.7. The van der Waals surface area contributed by atoms with E-state index >= 15 is 0 Å². The molecule has 0 spiro atoms. The molecule has 0 aliphatic carbocycles. The van der Waals surface area contributed by atoms with Gasteiger partial charge in [0.05, 0.1) is 18.7 Å². The second-order valence-corrected chi connectivity index (χ2v) is 8.33. The Balaban J connectivity index is 1.24. The van der Waals surface area contributed by atoms with Crippen LogP contribution in [0.2, 0.25) is 0 Å². The zero-order chi connectivity index (χ0) is 22.2. The molecule has 1 heterocycles. The van der Waals surface area contributed by atoms with E-state index < -0.39 is 0 Å². The number of carbonyl (C=O) groups excluding carboxylic acids is 1. The number of aromatic nitrogens is 1. The predicted molar refractivity (Wildman–Crippen MR) is 131 cm³/mol. The van der Waals surface area contributed by atoms with Gasteiger partial charge < -0.3 is 10.1 Å². The lowest BCUT2D eigenvalue weighted by molar-refractivity contribution is -0.121. The number of aryl methyl sites for hydroxylation is 1. The third kappa shape index (κ3) is 5.83. The lowest BCUT2D eigenvalue weighted by atomic mass is 10.1. The number of rotatable bonds is 9. The van der Waals surface area contributed by atoms with Gasteiger partial charge in [-0.2, -0.15) is 0 Å². The lowest BCUT2D eigenvalue weighted by Crippen LogP contribution is -2.24. The van der Waals surface area contributed by atoms with Crippen LogP contribution >= 0.6 is 11.3 Å². The van der Waals surface area contributed by atoms with Crippen molar-refractivity contribution in [3.05, 3.63) is 95.4 Å². The molecule has 0 aliphatic heterocycles. The Labute approximate surface area is 192 Å². The summed E-state index contributed by atoms with van der Waals surface area (Å²) in [5.74, 6) is 0.773. The molecule has 0 radical (unpaired) electrons. The van der Waals surface area contributed by atoms with Crippen LogP contribution in [0.1, 0.15) is 24.5 Å². The van der Waals surface area contributed by atoms with E-state index in [2.05, 4.69) is 41.9 Å². The monoisotopic (exact) mass is 442 g/mol. The van der Waals surface area contributed by atoms with Crippen LogP contribution in [0.3, 0.4) is 0 Å². The molecule has 1 N–H and O–H groups in total. The van der Waals surface area contributed by atoms with Crippen LogP contribution in [0, 0.1) is 0 Å². The summed E-state index contributed by atoms with van der Waals surface area (Å²) in [6.07, 6.45) is 1.33. The second-order valence-electron chi connectivity index (χ2n) is 7.47. The summed E-state index contributed by atoms with van der Waals surface area (Å²) in [4.78, 5) is 16.9. The number of nitrogens with one attached hydrogen (secondary N) is 1. The first-order valence-electron chi connectivity index (χ1n) is 10.8. The second kappa shape index (κ2) is 10.7. The minimum atomic E-state index is -0.0216. The van der Waals surface area contributed by atoms with Crippen LogP contribution in [0.4, 0.5) is 0 Å². The smallest absolute Gasteiger partial charge is 0.223 e. The summed E-state index contributed by atoms with van der Waals surface area (Å²) in [6.45, 7) is 2.98. The van der Waals surface area contributed by atoms with Crippen LogP contribution in [-0.4, -0.2) is 17.5 Å². The minimum Gasteiger partial charge on any atom is -0.493 e. The third-order valence-electron chi connectivity index (χ3n) is 5.19. The van der Waals surface area contributed by atoms with Gasteiger partial charge in [0.2, 0.25) is 5.91 Å². The molecule has 32 heavy (non-hydrogen) atoms. The molecule has 4 rings (SSSR count). The molecule has 3 aromatic carbocycles.